The van der Waals surface area contributed by atoms with E-state index in [-0.39, 0.29) is 5.91 Å². The molecule has 0 radical (unpaired) electrons. The van der Waals surface area contributed by atoms with Crippen molar-refractivity contribution in [2.24, 2.45) is 0 Å². The van der Waals surface area contributed by atoms with E-state index in [0.29, 0.717) is 11.7 Å². The van der Waals surface area contributed by atoms with Crippen molar-refractivity contribution in [2.45, 2.75) is 38.6 Å². The van der Waals surface area contributed by atoms with Crippen LogP contribution in [0.15, 0.2) is 5.38 Å². The smallest absolute Gasteiger partial charge is 0.270 e. The number of rotatable bonds is 3. The number of carbonyl (C=O) groups excluding carboxylic acids is 1. The standard InChI is InChI=1S/C10H14N2OS/c1-2-9-12-8(6-14-9)10(13)11-7-4-3-5-7/h6-7H,2-5H2,1H3,(H,11,13). The molecule has 76 valence electrons. The topological polar surface area (TPSA) is 42.0 Å². The van der Waals surface area contributed by atoms with E-state index >= 15 is 0 Å². The molecule has 3 nitrogen and oxygen atoms in total. The van der Waals surface area contributed by atoms with Gasteiger partial charge >= 0.3 is 0 Å². The molecule has 0 atom stereocenters. The van der Waals surface area contributed by atoms with Crippen molar-refractivity contribution in [3.8, 4) is 0 Å². The monoisotopic (exact) mass is 210 g/mol. The normalized spacial score (nSPS) is 16.4. The van der Waals surface area contributed by atoms with Crippen LogP contribution in [0.25, 0.3) is 0 Å². The Kier molecular flexibility index (Phi) is 2.82. The summed E-state index contributed by atoms with van der Waals surface area (Å²) < 4.78 is 0. The molecule has 1 aliphatic carbocycles. The zero-order chi connectivity index (χ0) is 9.97. The van der Waals surface area contributed by atoms with Crippen molar-refractivity contribution in [1.82, 2.24) is 10.3 Å². The van der Waals surface area contributed by atoms with E-state index in [1.807, 2.05) is 12.3 Å². The Labute approximate surface area is 87.6 Å². The van der Waals surface area contributed by atoms with Gasteiger partial charge in [-0.2, -0.15) is 0 Å². The molecule has 0 aliphatic heterocycles. The Morgan fingerprint density at radius 2 is 2.50 bits per heavy atom. The van der Waals surface area contributed by atoms with Crippen LogP contribution in [0.1, 0.15) is 41.7 Å². The number of hydrogen-bond acceptors (Lipinski definition) is 3. The van der Waals surface area contributed by atoms with E-state index in [1.165, 1.54) is 6.42 Å². The van der Waals surface area contributed by atoms with Gasteiger partial charge in [-0.05, 0) is 25.7 Å². The molecule has 4 heteroatoms. The minimum Gasteiger partial charge on any atom is -0.348 e. The highest BCUT2D eigenvalue weighted by Crippen LogP contribution is 2.19. The number of amides is 1. The summed E-state index contributed by atoms with van der Waals surface area (Å²) in [7, 11) is 0. The Morgan fingerprint density at radius 1 is 1.71 bits per heavy atom. The first kappa shape index (κ1) is 9.65. The zero-order valence-corrected chi connectivity index (χ0v) is 9.06. The third-order valence-corrected chi connectivity index (χ3v) is 3.52. The lowest BCUT2D eigenvalue weighted by molar-refractivity contribution is 0.0912. The van der Waals surface area contributed by atoms with E-state index in [4.69, 9.17) is 0 Å². The van der Waals surface area contributed by atoms with Crippen LogP contribution in [0.2, 0.25) is 0 Å². The maximum atomic E-state index is 11.6. The van der Waals surface area contributed by atoms with E-state index in [1.54, 1.807) is 11.3 Å². The summed E-state index contributed by atoms with van der Waals surface area (Å²) >= 11 is 1.56. The second kappa shape index (κ2) is 4.09. The van der Waals surface area contributed by atoms with Gasteiger partial charge in [0.05, 0.1) is 5.01 Å². The van der Waals surface area contributed by atoms with Crippen LogP contribution >= 0.6 is 11.3 Å². The molecule has 1 heterocycles. The Morgan fingerprint density at radius 3 is 3.00 bits per heavy atom. The summed E-state index contributed by atoms with van der Waals surface area (Å²) in [6, 6.07) is 0.397. The number of aromatic nitrogens is 1. The molecule has 1 saturated carbocycles. The van der Waals surface area contributed by atoms with Gasteiger partial charge in [0.15, 0.2) is 0 Å². The lowest BCUT2D eigenvalue weighted by Gasteiger charge is -2.25. The van der Waals surface area contributed by atoms with Gasteiger partial charge in [-0.25, -0.2) is 4.98 Å². The molecule has 14 heavy (non-hydrogen) atoms. The molecule has 1 aliphatic rings. The van der Waals surface area contributed by atoms with Crippen LogP contribution in [0.3, 0.4) is 0 Å². The average Bonchev–Trinajstić information content (AvgIpc) is 2.59. The fourth-order valence-corrected chi connectivity index (χ4v) is 2.11. The Bertz CT molecular complexity index is 331. The molecule has 0 saturated heterocycles. The quantitative estimate of drug-likeness (QED) is 0.829. The van der Waals surface area contributed by atoms with Crippen LogP contribution in [0, 0.1) is 0 Å². The van der Waals surface area contributed by atoms with Gasteiger partial charge in [0.1, 0.15) is 5.69 Å². The molecule has 0 spiro atoms. The Hall–Kier alpha value is -0.900. The maximum absolute atomic E-state index is 11.6. The van der Waals surface area contributed by atoms with Gasteiger partial charge < -0.3 is 5.32 Å². The number of carbonyl (C=O) groups is 1. The van der Waals surface area contributed by atoms with E-state index < -0.39 is 0 Å². The van der Waals surface area contributed by atoms with Crippen molar-refractivity contribution in [3.63, 3.8) is 0 Å². The molecular formula is C10H14N2OS. The highest BCUT2D eigenvalue weighted by molar-refractivity contribution is 7.09. The van der Waals surface area contributed by atoms with Gasteiger partial charge in [0, 0.05) is 11.4 Å². The number of nitrogens with zero attached hydrogens (tertiary/aromatic N) is 1. The predicted molar refractivity (Wildman–Crippen MR) is 56.6 cm³/mol. The highest BCUT2D eigenvalue weighted by Gasteiger charge is 2.21. The van der Waals surface area contributed by atoms with E-state index in [9.17, 15) is 4.79 Å². The molecule has 0 bridgehead atoms. The van der Waals surface area contributed by atoms with Crippen molar-refractivity contribution < 1.29 is 4.79 Å². The maximum Gasteiger partial charge on any atom is 0.270 e. The van der Waals surface area contributed by atoms with Crippen molar-refractivity contribution in [2.75, 3.05) is 0 Å². The number of hydrogen-bond donors (Lipinski definition) is 1. The fraction of sp³-hybridized carbons (Fsp3) is 0.600. The van der Waals surface area contributed by atoms with Gasteiger partial charge in [-0.1, -0.05) is 6.92 Å². The van der Waals surface area contributed by atoms with Crippen LogP contribution in [0.5, 0.6) is 0 Å². The first-order chi connectivity index (χ1) is 6.79. The van der Waals surface area contributed by atoms with Crippen molar-refractivity contribution >= 4 is 17.2 Å². The molecule has 1 aromatic rings. The zero-order valence-electron chi connectivity index (χ0n) is 8.25. The lowest BCUT2D eigenvalue weighted by Crippen LogP contribution is -2.39. The molecule has 1 amide bonds. The first-order valence-corrected chi connectivity index (χ1v) is 5.93. The molecule has 2 rings (SSSR count). The van der Waals surface area contributed by atoms with Gasteiger partial charge in [-0.15, -0.1) is 11.3 Å². The van der Waals surface area contributed by atoms with Crippen LogP contribution < -0.4 is 5.32 Å². The van der Waals surface area contributed by atoms with Crippen molar-refractivity contribution in [1.29, 1.82) is 0 Å². The van der Waals surface area contributed by atoms with Crippen LogP contribution in [-0.4, -0.2) is 16.9 Å². The molecule has 0 aromatic carbocycles. The SMILES string of the molecule is CCc1nc(C(=O)NC2CCC2)cs1. The largest absolute Gasteiger partial charge is 0.348 e. The summed E-state index contributed by atoms with van der Waals surface area (Å²) in [5.41, 5.74) is 0.582. The number of aryl methyl sites for hydroxylation is 1. The molecule has 1 N–H and O–H groups in total. The lowest BCUT2D eigenvalue weighted by atomic mass is 9.93. The average molecular weight is 210 g/mol. The first-order valence-electron chi connectivity index (χ1n) is 5.05. The molecule has 0 unspecified atom stereocenters. The molecular weight excluding hydrogens is 196 g/mol. The summed E-state index contributed by atoms with van der Waals surface area (Å²) in [6.45, 7) is 2.05. The molecule has 1 aromatic heterocycles. The van der Waals surface area contributed by atoms with E-state index in [2.05, 4.69) is 10.3 Å². The third kappa shape index (κ3) is 1.95. The minimum absolute atomic E-state index is 0.00866. The molecule has 1 fully saturated rings. The fourth-order valence-electron chi connectivity index (χ4n) is 1.39. The van der Waals surface area contributed by atoms with Crippen molar-refractivity contribution in [3.05, 3.63) is 16.1 Å². The van der Waals surface area contributed by atoms with Crippen LogP contribution in [-0.2, 0) is 6.42 Å². The Balaban J connectivity index is 1.95. The number of thiazole rings is 1. The summed E-state index contributed by atoms with van der Waals surface area (Å²) in [5.74, 6) is -0.00866. The van der Waals surface area contributed by atoms with E-state index in [0.717, 1.165) is 24.3 Å². The van der Waals surface area contributed by atoms with Gasteiger partial charge in [0.2, 0.25) is 0 Å². The summed E-state index contributed by atoms with van der Waals surface area (Å²) in [6.07, 6.45) is 4.39. The van der Waals surface area contributed by atoms with Gasteiger partial charge in [-0.3, -0.25) is 4.79 Å². The second-order valence-corrected chi connectivity index (χ2v) is 4.52. The minimum atomic E-state index is -0.00866. The summed E-state index contributed by atoms with van der Waals surface area (Å²) in [4.78, 5) is 15.9. The second-order valence-electron chi connectivity index (χ2n) is 3.58. The highest BCUT2D eigenvalue weighted by atomic mass is 32.1. The summed E-state index contributed by atoms with van der Waals surface area (Å²) in [5, 5.41) is 5.85. The predicted octanol–water partition coefficient (Wildman–Crippen LogP) is 1.99. The third-order valence-electron chi connectivity index (χ3n) is 2.53. The number of nitrogens with one attached hydrogen (secondary N) is 1. The van der Waals surface area contributed by atoms with Gasteiger partial charge in [0.25, 0.3) is 5.91 Å². The van der Waals surface area contributed by atoms with Crippen LogP contribution in [0.4, 0.5) is 0 Å².